The summed E-state index contributed by atoms with van der Waals surface area (Å²) in [6.07, 6.45) is 8.40. The first-order valence-corrected chi connectivity index (χ1v) is 6.14. The molecule has 1 aromatic heterocycles. The zero-order chi connectivity index (χ0) is 11.2. The van der Waals surface area contributed by atoms with E-state index < -0.39 is 0 Å². The lowest BCUT2D eigenvalue weighted by atomic mass is 10.2. The molecular weight excluding hydrogens is 200 g/mol. The van der Waals surface area contributed by atoms with Gasteiger partial charge in [0.05, 0.1) is 0 Å². The van der Waals surface area contributed by atoms with E-state index in [2.05, 4.69) is 22.0 Å². The zero-order valence-electron chi connectivity index (χ0n) is 9.68. The van der Waals surface area contributed by atoms with Crippen LogP contribution >= 0.6 is 0 Å². The number of aliphatic hydroxyl groups excluding tert-OH is 1. The Morgan fingerprint density at radius 1 is 1.25 bits per heavy atom. The topological polar surface area (TPSA) is 36.4 Å². The van der Waals surface area contributed by atoms with E-state index >= 15 is 0 Å². The summed E-state index contributed by atoms with van der Waals surface area (Å²) < 4.78 is 0. The van der Waals surface area contributed by atoms with Gasteiger partial charge in [0, 0.05) is 31.6 Å². The highest BCUT2D eigenvalue weighted by Gasteiger charge is 2.28. The number of aromatic nitrogens is 1. The van der Waals surface area contributed by atoms with Crippen LogP contribution in [0.4, 0.5) is 0 Å². The first kappa shape index (κ1) is 11.6. The van der Waals surface area contributed by atoms with Gasteiger partial charge >= 0.3 is 0 Å². The van der Waals surface area contributed by atoms with Gasteiger partial charge in [0.15, 0.2) is 0 Å². The molecule has 0 saturated heterocycles. The predicted octanol–water partition coefficient (Wildman–Crippen LogP) is 1.82. The Morgan fingerprint density at radius 3 is 2.62 bits per heavy atom. The number of rotatable bonds is 7. The van der Waals surface area contributed by atoms with E-state index in [1.54, 1.807) is 0 Å². The summed E-state index contributed by atoms with van der Waals surface area (Å²) in [5, 5.41) is 8.80. The van der Waals surface area contributed by atoms with Gasteiger partial charge in [-0.1, -0.05) is 0 Å². The van der Waals surface area contributed by atoms with Crippen molar-refractivity contribution in [3.8, 4) is 0 Å². The average Bonchev–Trinajstić information content (AvgIpc) is 3.13. The van der Waals surface area contributed by atoms with Crippen molar-refractivity contribution >= 4 is 0 Å². The third kappa shape index (κ3) is 3.58. The Morgan fingerprint density at radius 2 is 2.00 bits per heavy atom. The molecule has 0 spiro atoms. The molecule has 1 heterocycles. The summed E-state index contributed by atoms with van der Waals surface area (Å²) in [7, 11) is 0. The van der Waals surface area contributed by atoms with Crippen LogP contribution < -0.4 is 0 Å². The molecule has 1 aliphatic rings. The predicted molar refractivity (Wildman–Crippen MR) is 64.0 cm³/mol. The van der Waals surface area contributed by atoms with Crippen molar-refractivity contribution in [3.63, 3.8) is 0 Å². The second kappa shape index (κ2) is 5.97. The second-order valence-corrected chi connectivity index (χ2v) is 4.49. The van der Waals surface area contributed by atoms with Crippen molar-refractivity contribution in [2.45, 2.75) is 38.3 Å². The van der Waals surface area contributed by atoms with Crippen LogP contribution in [-0.4, -0.2) is 34.2 Å². The standard InChI is InChI=1S/C13H20N2O/c16-10-2-1-9-15(13-3-4-13)11-12-5-7-14-8-6-12/h5-8,13,16H,1-4,9-11H2. The molecule has 0 unspecified atom stereocenters. The number of aliphatic hydroxyl groups is 1. The van der Waals surface area contributed by atoms with E-state index in [1.807, 2.05) is 12.4 Å². The Labute approximate surface area is 97.1 Å². The van der Waals surface area contributed by atoms with Crippen LogP contribution in [0.15, 0.2) is 24.5 Å². The summed E-state index contributed by atoms with van der Waals surface area (Å²) in [4.78, 5) is 6.57. The minimum absolute atomic E-state index is 0.313. The maximum atomic E-state index is 8.80. The van der Waals surface area contributed by atoms with Crippen LogP contribution in [0.2, 0.25) is 0 Å². The summed E-state index contributed by atoms with van der Waals surface area (Å²) in [5.74, 6) is 0. The fourth-order valence-corrected chi connectivity index (χ4v) is 1.98. The molecule has 0 radical (unpaired) electrons. The van der Waals surface area contributed by atoms with E-state index in [1.165, 1.54) is 18.4 Å². The average molecular weight is 220 g/mol. The number of hydrogen-bond donors (Lipinski definition) is 1. The molecule has 0 aromatic carbocycles. The lowest BCUT2D eigenvalue weighted by Gasteiger charge is -2.21. The van der Waals surface area contributed by atoms with E-state index in [0.29, 0.717) is 6.61 Å². The molecule has 1 saturated carbocycles. The first-order chi connectivity index (χ1) is 7.90. The second-order valence-electron chi connectivity index (χ2n) is 4.49. The smallest absolute Gasteiger partial charge is 0.0431 e. The van der Waals surface area contributed by atoms with Crippen molar-refractivity contribution < 1.29 is 5.11 Å². The Balaban J connectivity index is 1.83. The maximum absolute atomic E-state index is 8.80. The van der Waals surface area contributed by atoms with Gasteiger partial charge in [0.25, 0.3) is 0 Å². The van der Waals surface area contributed by atoms with Crippen molar-refractivity contribution in [2.24, 2.45) is 0 Å². The molecule has 1 aliphatic carbocycles. The highest BCUT2D eigenvalue weighted by molar-refractivity contribution is 5.10. The minimum atomic E-state index is 0.313. The number of nitrogens with zero attached hydrogens (tertiary/aromatic N) is 2. The maximum Gasteiger partial charge on any atom is 0.0431 e. The van der Waals surface area contributed by atoms with Gasteiger partial charge in [-0.05, 0) is 49.9 Å². The number of pyridine rings is 1. The molecule has 16 heavy (non-hydrogen) atoms. The highest BCUT2D eigenvalue weighted by atomic mass is 16.2. The van der Waals surface area contributed by atoms with Crippen molar-refractivity contribution in [3.05, 3.63) is 30.1 Å². The summed E-state index contributed by atoms with van der Waals surface area (Å²) in [6, 6.07) is 4.95. The molecule has 0 bridgehead atoms. The summed E-state index contributed by atoms with van der Waals surface area (Å²) in [6.45, 7) is 2.44. The molecular formula is C13H20N2O. The van der Waals surface area contributed by atoms with Crippen LogP contribution in [0.5, 0.6) is 0 Å². The molecule has 0 amide bonds. The largest absolute Gasteiger partial charge is 0.396 e. The Bertz CT molecular complexity index is 298. The SMILES string of the molecule is OCCCCN(Cc1ccncc1)C1CC1. The van der Waals surface area contributed by atoms with E-state index in [0.717, 1.165) is 32.0 Å². The monoisotopic (exact) mass is 220 g/mol. The molecule has 0 aliphatic heterocycles. The fraction of sp³-hybridized carbons (Fsp3) is 0.615. The molecule has 88 valence electrons. The van der Waals surface area contributed by atoms with Gasteiger partial charge < -0.3 is 5.11 Å². The normalized spacial score (nSPS) is 15.6. The quantitative estimate of drug-likeness (QED) is 0.712. The minimum Gasteiger partial charge on any atom is -0.396 e. The van der Waals surface area contributed by atoms with Gasteiger partial charge in [0.2, 0.25) is 0 Å². The van der Waals surface area contributed by atoms with Crippen molar-refractivity contribution in [1.29, 1.82) is 0 Å². The molecule has 1 aromatic rings. The molecule has 3 nitrogen and oxygen atoms in total. The Kier molecular flexibility index (Phi) is 4.31. The van der Waals surface area contributed by atoms with Crippen LogP contribution in [-0.2, 0) is 6.54 Å². The van der Waals surface area contributed by atoms with E-state index in [-0.39, 0.29) is 0 Å². The van der Waals surface area contributed by atoms with Crippen molar-refractivity contribution in [1.82, 2.24) is 9.88 Å². The third-order valence-corrected chi connectivity index (χ3v) is 3.05. The van der Waals surface area contributed by atoms with Crippen LogP contribution in [0.1, 0.15) is 31.2 Å². The van der Waals surface area contributed by atoms with Gasteiger partial charge in [-0.15, -0.1) is 0 Å². The van der Waals surface area contributed by atoms with Gasteiger partial charge in [-0.3, -0.25) is 9.88 Å². The third-order valence-electron chi connectivity index (χ3n) is 3.05. The first-order valence-electron chi connectivity index (χ1n) is 6.14. The van der Waals surface area contributed by atoms with Crippen LogP contribution in [0.3, 0.4) is 0 Å². The van der Waals surface area contributed by atoms with Crippen LogP contribution in [0, 0.1) is 0 Å². The summed E-state index contributed by atoms with van der Waals surface area (Å²) >= 11 is 0. The Hall–Kier alpha value is -0.930. The molecule has 2 rings (SSSR count). The lowest BCUT2D eigenvalue weighted by molar-refractivity contribution is 0.229. The molecule has 1 N–H and O–H groups in total. The molecule has 1 fully saturated rings. The van der Waals surface area contributed by atoms with Gasteiger partial charge in [-0.2, -0.15) is 0 Å². The number of unbranched alkanes of at least 4 members (excludes halogenated alkanes) is 1. The summed E-state index contributed by atoms with van der Waals surface area (Å²) in [5.41, 5.74) is 1.34. The van der Waals surface area contributed by atoms with Crippen LogP contribution in [0.25, 0.3) is 0 Å². The number of hydrogen-bond acceptors (Lipinski definition) is 3. The lowest BCUT2D eigenvalue weighted by Crippen LogP contribution is -2.26. The molecule has 3 heteroatoms. The van der Waals surface area contributed by atoms with Gasteiger partial charge in [0.1, 0.15) is 0 Å². The van der Waals surface area contributed by atoms with Gasteiger partial charge in [-0.25, -0.2) is 0 Å². The van der Waals surface area contributed by atoms with Crippen molar-refractivity contribution in [2.75, 3.05) is 13.2 Å². The zero-order valence-corrected chi connectivity index (χ0v) is 9.68. The van der Waals surface area contributed by atoms with E-state index in [4.69, 9.17) is 5.11 Å². The van der Waals surface area contributed by atoms with E-state index in [9.17, 15) is 0 Å². The highest BCUT2D eigenvalue weighted by Crippen LogP contribution is 2.28. The molecule has 0 atom stereocenters. The fourth-order valence-electron chi connectivity index (χ4n) is 1.98.